The molecule has 1 atom stereocenters. The maximum atomic E-state index is 14.1. The first kappa shape index (κ1) is 17.7. The molecule has 27 heavy (non-hydrogen) atoms. The quantitative estimate of drug-likeness (QED) is 0.648. The molecule has 1 fully saturated rings. The molecule has 5 nitrogen and oxygen atoms in total. The van der Waals surface area contributed by atoms with Crippen LogP contribution in [0.2, 0.25) is 5.02 Å². The van der Waals surface area contributed by atoms with Crippen LogP contribution >= 0.6 is 11.6 Å². The average Bonchev–Trinajstić information content (AvgIpc) is 3.32. The third-order valence-corrected chi connectivity index (χ3v) is 4.91. The zero-order valence-electron chi connectivity index (χ0n) is 14.7. The summed E-state index contributed by atoms with van der Waals surface area (Å²) in [5, 5.41) is 4.37. The van der Waals surface area contributed by atoms with Crippen molar-refractivity contribution in [2.45, 2.75) is 25.8 Å². The molecule has 138 valence electrons. The molecular weight excluding hydrogens is 369 g/mol. The van der Waals surface area contributed by atoms with Crippen LogP contribution in [0.25, 0.3) is 11.4 Å². The molecule has 1 amide bonds. The number of amides is 1. The maximum absolute atomic E-state index is 14.1. The average molecular weight is 386 g/mol. The van der Waals surface area contributed by atoms with Crippen LogP contribution in [0.5, 0.6) is 0 Å². The van der Waals surface area contributed by atoms with Crippen LogP contribution in [0, 0.1) is 12.7 Å². The highest BCUT2D eigenvalue weighted by atomic mass is 35.5. The third-order valence-electron chi connectivity index (χ3n) is 4.68. The SMILES string of the molecule is Cc1cccc(-c2noc([C@H]3CCCN3C(=O)c3cc(Cl)ccc3F)n2)c1. The van der Waals surface area contributed by atoms with Crippen molar-refractivity contribution < 1.29 is 13.7 Å². The Morgan fingerprint density at radius 3 is 2.96 bits per heavy atom. The second-order valence-electron chi connectivity index (χ2n) is 6.61. The first-order valence-electron chi connectivity index (χ1n) is 8.69. The van der Waals surface area contributed by atoms with E-state index in [1.807, 2.05) is 31.2 Å². The summed E-state index contributed by atoms with van der Waals surface area (Å²) in [5.41, 5.74) is 1.89. The molecule has 0 saturated carbocycles. The number of carbonyl (C=O) groups excluding carboxylic acids is 1. The van der Waals surface area contributed by atoms with Gasteiger partial charge in [-0.2, -0.15) is 4.98 Å². The van der Waals surface area contributed by atoms with Gasteiger partial charge in [-0.25, -0.2) is 4.39 Å². The van der Waals surface area contributed by atoms with E-state index >= 15 is 0 Å². The third kappa shape index (κ3) is 3.45. The number of likely N-dealkylation sites (tertiary alicyclic amines) is 1. The van der Waals surface area contributed by atoms with Gasteiger partial charge in [-0.1, -0.05) is 40.5 Å². The molecule has 0 aliphatic carbocycles. The number of carbonyl (C=O) groups is 1. The normalized spacial score (nSPS) is 16.7. The first-order chi connectivity index (χ1) is 13.0. The van der Waals surface area contributed by atoms with Crippen molar-refractivity contribution in [1.29, 1.82) is 0 Å². The van der Waals surface area contributed by atoms with E-state index < -0.39 is 11.7 Å². The summed E-state index contributed by atoms with van der Waals surface area (Å²) in [5.74, 6) is -0.185. The molecule has 0 spiro atoms. The van der Waals surface area contributed by atoms with Gasteiger partial charge in [0.15, 0.2) is 0 Å². The number of nitrogens with zero attached hydrogens (tertiary/aromatic N) is 3. The fourth-order valence-corrected chi connectivity index (χ4v) is 3.53. The topological polar surface area (TPSA) is 59.2 Å². The number of hydrogen-bond acceptors (Lipinski definition) is 4. The van der Waals surface area contributed by atoms with Crippen molar-refractivity contribution in [1.82, 2.24) is 15.0 Å². The summed E-state index contributed by atoms with van der Waals surface area (Å²) >= 11 is 5.93. The van der Waals surface area contributed by atoms with Crippen LogP contribution in [0.1, 0.15) is 40.7 Å². The molecule has 0 unspecified atom stereocenters. The van der Waals surface area contributed by atoms with E-state index in [1.54, 1.807) is 4.90 Å². The molecule has 1 saturated heterocycles. The highest BCUT2D eigenvalue weighted by Crippen LogP contribution is 2.34. The van der Waals surface area contributed by atoms with Gasteiger partial charge < -0.3 is 9.42 Å². The molecule has 0 radical (unpaired) electrons. The molecule has 1 aliphatic heterocycles. The maximum Gasteiger partial charge on any atom is 0.257 e. The van der Waals surface area contributed by atoms with E-state index in [9.17, 15) is 9.18 Å². The second kappa shape index (κ2) is 7.12. The van der Waals surface area contributed by atoms with E-state index in [-0.39, 0.29) is 11.6 Å². The van der Waals surface area contributed by atoms with Crippen LogP contribution < -0.4 is 0 Å². The molecule has 3 aromatic rings. The zero-order chi connectivity index (χ0) is 19.0. The van der Waals surface area contributed by atoms with Gasteiger partial charge in [0.25, 0.3) is 5.91 Å². The van der Waals surface area contributed by atoms with Crippen molar-refractivity contribution in [3.63, 3.8) is 0 Å². The minimum Gasteiger partial charge on any atom is -0.337 e. The smallest absolute Gasteiger partial charge is 0.257 e. The predicted octanol–water partition coefficient (Wildman–Crippen LogP) is 4.81. The van der Waals surface area contributed by atoms with Gasteiger partial charge in [-0.3, -0.25) is 4.79 Å². The molecule has 7 heteroatoms. The van der Waals surface area contributed by atoms with Gasteiger partial charge >= 0.3 is 0 Å². The molecular formula is C20H17ClFN3O2. The lowest BCUT2D eigenvalue weighted by Gasteiger charge is -2.22. The highest BCUT2D eigenvalue weighted by Gasteiger charge is 2.35. The molecule has 2 aromatic carbocycles. The van der Waals surface area contributed by atoms with Crippen LogP contribution in [-0.4, -0.2) is 27.5 Å². The number of aryl methyl sites for hydroxylation is 1. The monoisotopic (exact) mass is 385 g/mol. The van der Waals surface area contributed by atoms with Gasteiger partial charge in [0.05, 0.1) is 5.56 Å². The Balaban J connectivity index is 1.62. The molecule has 0 N–H and O–H groups in total. The summed E-state index contributed by atoms with van der Waals surface area (Å²) in [6, 6.07) is 11.4. The summed E-state index contributed by atoms with van der Waals surface area (Å²) in [6.07, 6.45) is 1.46. The fraction of sp³-hybridized carbons (Fsp3) is 0.250. The molecule has 4 rings (SSSR count). The molecule has 0 bridgehead atoms. The number of hydrogen-bond donors (Lipinski definition) is 0. The summed E-state index contributed by atoms with van der Waals surface area (Å²) in [6.45, 7) is 2.49. The fourth-order valence-electron chi connectivity index (χ4n) is 3.35. The van der Waals surface area contributed by atoms with Crippen molar-refractivity contribution in [2.24, 2.45) is 0 Å². The summed E-state index contributed by atoms with van der Waals surface area (Å²) in [7, 11) is 0. The Morgan fingerprint density at radius 1 is 1.30 bits per heavy atom. The lowest BCUT2D eigenvalue weighted by molar-refractivity contribution is 0.0705. The summed E-state index contributed by atoms with van der Waals surface area (Å²) < 4.78 is 19.5. The minimum absolute atomic E-state index is 0.0483. The van der Waals surface area contributed by atoms with Crippen molar-refractivity contribution in [3.05, 3.63) is 70.3 Å². The van der Waals surface area contributed by atoms with Crippen LogP contribution in [0.3, 0.4) is 0 Å². The van der Waals surface area contributed by atoms with Gasteiger partial charge in [-0.15, -0.1) is 0 Å². The van der Waals surface area contributed by atoms with E-state index in [2.05, 4.69) is 10.1 Å². The van der Waals surface area contributed by atoms with Crippen LogP contribution in [0.15, 0.2) is 47.0 Å². The van der Waals surface area contributed by atoms with Crippen LogP contribution in [-0.2, 0) is 0 Å². The van der Waals surface area contributed by atoms with E-state index in [1.165, 1.54) is 18.2 Å². The number of benzene rings is 2. The lowest BCUT2D eigenvalue weighted by Crippen LogP contribution is -2.31. The second-order valence-corrected chi connectivity index (χ2v) is 7.04. The molecule has 2 heterocycles. The molecule has 1 aliphatic rings. The van der Waals surface area contributed by atoms with E-state index in [0.717, 1.165) is 17.5 Å². The largest absolute Gasteiger partial charge is 0.337 e. The minimum atomic E-state index is -0.596. The standard InChI is InChI=1S/C20H17ClFN3O2/c1-12-4-2-5-13(10-12)18-23-19(27-24-18)17-6-3-9-25(17)20(26)15-11-14(21)7-8-16(15)22/h2,4-5,7-8,10-11,17H,3,6,9H2,1H3/t17-/m1/s1. The van der Waals surface area contributed by atoms with Gasteiger partial charge in [0.2, 0.25) is 11.7 Å². The van der Waals surface area contributed by atoms with Gasteiger partial charge in [-0.05, 0) is 44.0 Å². The van der Waals surface area contributed by atoms with E-state index in [4.69, 9.17) is 16.1 Å². The Labute approximate surface area is 160 Å². The number of halogens is 2. The molecule has 1 aromatic heterocycles. The van der Waals surface area contributed by atoms with E-state index in [0.29, 0.717) is 29.7 Å². The van der Waals surface area contributed by atoms with Crippen LogP contribution in [0.4, 0.5) is 4.39 Å². The van der Waals surface area contributed by atoms with Gasteiger partial charge in [0.1, 0.15) is 11.9 Å². The highest BCUT2D eigenvalue weighted by molar-refractivity contribution is 6.31. The van der Waals surface area contributed by atoms with Gasteiger partial charge in [0, 0.05) is 17.1 Å². The number of rotatable bonds is 3. The zero-order valence-corrected chi connectivity index (χ0v) is 15.4. The van der Waals surface area contributed by atoms with Crippen molar-refractivity contribution in [2.75, 3.05) is 6.54 Å². The predicted molar refractivity (Wildman–Crippen MR) is 98.9 cm³/mol. The Morgan fingerprint density at radius 2 is 2.15 bits per heavy atom. The first-order valence-corrected chi connectivity index (χ1v) is 9.07. The van der Waals surface area contributed by atoms with Crippen molar-refractivity contribution >= 4 is 17.5 Å². The lowest BCUT2D eigenvalue weighted by atomic mass is 10.1. The summed E-state index contributed by atoms with van der Waals surface area (Å²) in [4.78, 5) is 18.9. The van der Waals surface area contributed by atoms with Crippen molar-refractivity contribution in [3.8, 4) is 11.4 Å². The Hall–Kier alpha value is -2.73. The Kier molecular flexibility index (Phi) is 4.66. The number of aromatic nitrogens is 2. The Bertz CT molecular complexity index is 1000.